The third-order valence-electron chi connectivity index (χ3n) is 2.77. The third-order valence-corrected chi connectivity index (χ3v) is 3.75. The summed E-state index contributed by atoms with van der Waals surface area (Å²) in [5.41, 5.74) is 3.05. The number of esters is 1. The van der Waals surface area contributed by atoms with Gasteiger partial charge < -0.3 is 9.15 Å². The molecule has 6 nitrogen and oxygen atoms in total. The van der Waals surface area contributed by atoms with Crippen LogP contribution >= 0.6 is 11.5 Å². The van der Waals surface area contributed by atoms with Crippen LogP contribution in [0.1, 0.15) is 23.0 Å². The number of rotatable bonds is 3. The van der Waals surface area contributed by atoms with Gasteiger partial charge in [0.2, 0.25) is 0 Å². The molecule has 0 saturated carbocycles. The highest BCUT2D eigenvalue weighted by Gasteiger charge is 2.19. The second kappa shape index (κ2) is 5.01. The zero-order valence-corrected chi connectivity index (χ0v) is 11.7. The van der Waals surface area contributed by atoms with Gasteiger partial charge >= 0.3 is 5.97 Å². The molecular weight excluding hydrogens is 278 g/mol. The number of hydrogen-bond acceptors (Lipinski definition) is 7. The molecule has 0 aliphatic heterocycles. The van der Waals surface area contributed by atoms with Crippen LogP contribution in [0.15, 0.2) is 23.1 Å². The van der Waals surface area contributed by atoms with Crippen molar-refractivity contribution in [3.8, 4) is 11.4 Å². The summed E-state index contributed by atoms with van der Waals surface area (Å²) in [5.74, 6) is -0.456. The fourth-order valence-corrected chi connectivity index (χ4v) is 2.65. The average Bonchev–Trinajstić information content (AvgIpc) is 3.08. The largest absolute Gasteiger partial charge is 0.461 e. The second-order valence-corrected chi connectivity index (χ2v) is 4.90. The number of carbonyl (C=O) groups is 1. The first-order valence-electron chi connectivity index (χ1n) is 6.03. The van der Waals surface area contributed by atoms with Crippen LogP contribution in [0.3, 0.4) is 0 Å². The molecule has 0 spiro atoms. The number of nitrogens with zero attached hydrogens (tertiary/aromatic N) is 3. The molecule has 20 heavy (non-hydrogen) atoms. The zero-order valence-electron chi connectivity index (χ0n) is 10.9. The number of aromatic nitrogens is 3. The molecule has 0 radical (unpaired) electrons. The molecule has 0 amide bonds. The molecule has 3 aromatic heterocycles. The van der Waals surface area contributed by atoms with Gasteiger partial charge in [-0.15, -0.1) is 0 Å². The Morgan fingerprint density at radius 1 is 1.45 bits per heavy atom. The van der Waals surface area contributed by atoms with Crippen molar-refractivity contribution in [3.63, 3.8) is 0 Å². The summed E-state index contributed by atoms with van der Waals surface area (Å²) in [7, 11) is 0. The highest BCUT2D eigenvalue weighted by Crippen LogP contribution is 2.28. The molecule has 0 aliphatic rings. The summed E-state index contributed by atoms with van der Waals surface area (Å²) in [6, 6.07) is 1.90. The van der Waals surface area contributed by atoms with E-state index in [1.165, 1.54) is 24.2 Å². The number of aryl methyl sites for hydroxylation is 1. The number of fused-ring (bicyclic) bond motifs is 1. The smallest absolute Gasteiger partial charge is 0.360 e. The van der Waals surface area contributed by atoms with Crippen molar-refractivity contribution in [2.45, 2.75) is 13.8 Å². The van der Waals surface area contributed by atoms with Gasteiger partial charge in [0, 0.05) is 0 Å². The van der Waals surface area contributed by atoms with Crippen molar-refractivity contribution in [1.82, 2.24) is 14.3 Å². The number of hydrogen-bond donors (Lipinski definition) is 0. The van der Waals surface area contributed by atoms with Crippen LogP contribution in [0.2, 0.25) is 0 Å². The van der Waals surface area contributed by atoms with Crippen molar-refractivity contribution in [1.29, 1.82) is 0 Å². The Labute approximate surface area is 118 Å². The molecule has 0 N–H and O–H groups in total. The Morgan fingerprint density at radius 3 is 3.00 bits per heavy atom. The van der Waals surface area contributed by atoms with Crippen LogP contribution in [-0.2, 0) is 4.74 Å². The molecule has 0 unspecified atom stereocenters. The Bertz CT molecular complexity index is 765. The summed E-state index contributed by atoms with van der Waals surface area (Å²) in [5, 5.41) is 0. The van der Waals surface area contributed by atoms with E-state index in [0.29, 0.717) is 23.5 Å². The summed E-state index contributed by atoms with van der Waals surface area (Å²) >= 11 is 1.24. The average molecular weight is 289 g/mol. The SMILES string of the molecule is CCOC(=O)c1nsc2c(C)cc(-c3cocn3)nc12. The van der Waals surface area contributed by atoms with Gasteiger partial charge in [0.15, 0.2) is 12.1 Å². The quantitative estimate of drug-likeness (QED) is 0.690. The van der Waals surface area contributed by atoms with E-state index >= 15 is 0 Å². The van der Waals surface area contributed by atoms with Crippen LogP contribution in [0.5, 0.6) is 0 Å². The number of oxazole rings is 1. The van der Waals surface area contributed by atoms with Crippen molar-refractivity contribution in [2.24, 2.45) is 0 Å². The predicted octanol–water partition coefficient (Wildman–Crippen LogP) is 2.83. The van der Waals surface area contributed by atoms with Gasteiger partial charge in [-0.25, -0.2) is 14.8 Å². The van der Waals surface area contributed by atoms with Crippen LogP contribution in [0.25, 0.3) is 21.6 Å². The summed E-state index contributed by atoms with van der Waals surface area (Å²) in [6.07, 6.45) is 2.85. The maximum absolute atomic E-state index is 11.9. The highest BCUT2D eigenvalue weighted by molar-refractivity contribution is 7.13. The van der Waals surface area contributed by atoms with Gasteiger partial charge in [-0.1, -0.05) is 0 Å². The number of carbonyl (C=O) groups excluding carboxylic acids is 1. The maximum atomic E-state index is 11.9. The van der Waals surface area contributed by atoms with Gasteiger partial charge in [-0.3, -0.25) is 0 Å². The summed E-state index contributed by atoms with van der Waals surface area (Å²) in [6.45, 7) is 4.01. The van der Waals surface area contributed by atoms with Crippen molar-refractivity contribution < 1.29 is 13.9 Å². The Balaban J connectivity index is 2.18. The van der Waals surface area contributed by atoms with Gasteiger partial charge in [0.05, 0.1) is 17.0 Å². The molecular formula is C13H11N3O3S. The van der Waals surface area contributed by atoms with E-state index < -0.39 is 5.97 Å². The minimum Gasteiger partial charge on any atom is -0.461 e. The molecule has 0 atom stereocenters. The molecule has 3 heterocycles. The van der Waals surface area contributed by atoms with E-state index in [1.807, 2.05) is 13.0 Å². The first-order chi connectivity index (χ1) is 9.70. The topological polar surface area (TPSA) is 78.1 Å². The third kappa shape index (κ3) is 2.05. The normalized spacial score (nSPS) is 10.9. The lowest BCUT2D eigenvalue weighted by molar-refractivity contribution is 0.0523. The van der Waals surface area contributed by atoms with E-state index in [-0.39, 0.29) is 5.69 Å². The molecule has 3 aromatic rings. The summed E-state index contributed by atoms with van der Waals surface area (Å²) in [4.78, 5) is 20.4. The fourth-order valence-electron chi connectivity index (χ4n) is 1.87. The van der Waals surface area contributed by atoms with Gasteiger partial charge in [-0.2, -0.15) is 4.37 Å². The van der Waals surface area contributed by atoms with Crippen molar-refractivity contribution in [3.05, 3.63) is 30.0 Å². The van der Waals surface area contributed by atoms with Gasteiger partial charge in [-0.05, 0) is 37.0 Å². The minimum absolute atomic E-state index is 0.250. The van der Waals surface area contributed by atoms with E-state index in [4.69, 9.17) is 9.15 Å². The Hall–Kier alpha value is -2.28. The fraction of sp³-hybridized carbons (Fsp3) is 0.231. The van der Waals surface area contributed by atoms with Crippen LogP contribution < -0.4 is 0 Å². The van der Waals surface area contributed by atoms with Crippen LogP contribution in [0, 0.1) is 6.92 Å². The molecule has 0 aromatic carbocycles. The number of ether oxygens (including phenoxy) is 1. The van der Waals surface area contributed by atoms with Gasteiger partial charge in [0.25, 0.3) is 0 Å². The number of pyridine rings is 1. The van der Waals surface area contributed by atoms with E-state index in [2.05, 4.69) is 14.3 Å². The molecule has 3 rings (SSSR count). The van der Waals surface area contributed by atoms with Crippen molar-refractivity contribution in [2.75, 3.05) is 6.61 Å². The second-order valence-electron chi connectivity index (χ2n) is 4.13. The Kier molecular flexibility index (Phi) is 3.19. The summed E-state index contributed by atoms with van der Waals surface area (Å²) < 4.78 is 15.0. The molecule has 0 fully saturated rings. The molecule has 102 valence electrons. The van der Waals surface area contributed by atoms with Gasteiger partial charge in [0.1, 0.15) is 17.5 Å². The van der Waals surface area contributed by atoms with E-state index in [9.17, 15) is 4.79 Å². The van der Waals surface area contributed by atoms with Crippen molar-refractivity contribution >= 4 is 27.7 Å². The Morgan fingerprint density at radius 2 is 2.30 bits per heavy atom. The van der Waals surface area contributed by atoms with Crippen LogP contribution in [0.4, 0.5) is 0 Å². The van der Waals surface area contributed by atoms with E-state index in [0.717, 1.165) is 10.3 Å². The first kappa shape index (κ1) is 12.7. The molecule has 0 bridgehead atoms. The first-order valence-corrected chi connectivity index (χ1v) is 6.80. The molecule has 0 aliphatic carbocycles. The monoisotopic (exact) mass is 289 g/mol. The lowest BCUT2D eigenvalue weighted by Gasteiger charge is -2.01. The molecule has 0 saturated heterocycles. The minimum atomic E-state index is -0.456. The van der Waals surface area contributed by atoms with Crippen LogP contribution in [-0.4, -0.2) is 26.9 Å². The lowest BCUT2D eigenvalue weighted by Crippen LogP contribution is -2.06. The maximum Gasteiger partial charge on any atom is 0.360 e. The van der Waals surface area contributed by atoms with E-state index in [1.54, 1.807) is 6.92 Å². The predicted molar refractivity (Wildman–Crippen MR) is 73.6 cm³/mol. The zero-order chi connectivity index (χ0) is 14.1. The lowest BCUT2D eigenvalue weighted by atomic mass is 10.2. The molecule has 7 heteroatoms. The highest BCUT2D eigenvalue weighted by atomic mass is 32.1. The standard InChI is InChI=1S/C13H11N3O3S/c1-3-19-13(17)11-10-12(20-16-11)7(2)4-8(15-10)9-5-18-6-14-9/h4-6H,3H2,1-2H3.